The second-order valence-corrected chi connectivity index (χ2v) is 11.0. The Balaban J connectivity index is 1.88. The van der Waals surface area contributed by atoms with Gasteiger partial charge in [-0.05, 0) is 31.9 Å². The number of fused-ring (bicyclic) bond motifs is 1. The lowest BCUT2D eigenvalue weighted by molar-refractivity contribution is -0.136. The maximum Gasteiger partial charge on any atom is 0.243 e. The number of aryl methyl sites for hydroxylation is 2. The summed E-state index contributed by atoms with van der Waals surface area (Å²) < 4.78 is 35.8. The van der Waals surface area contributed by atoms with Crippen LogP contribution < -0.4 is 0 Å². The maximum absolute atomic E-state index is 13.3. The van der Waals surface area contributed by atoms with Gasteiger partial charge in [0.15, 0.2) is 0 Å². The molecule has 0 saturated carbocycles. The van der Waals surface area contributed by atoms with E-state index in [1.807, 2.05) is 6.92 Å². The van der Waals surface area contributed by atoms with Crippen molar-refractivity contribution in [2.75, 3.05) is 26.7 Å². The Morgan fingerprint density at radius 3 is 2.76 bits per heavy atom. The molecule has 3 atom stereocenters. The Bertz CT molecular complexity index is 1070. The van der Waals surface area contributed by atoms with E-state index >= 15 is 0 Å². The van der Waals surface area contributed by atoms with Gasteiger partial charge >= 0.3 is 0 Å². The van der Waals surface area contributed by atoms with Crippen LogP contribution in [0.1, 0.15) is 37.9 Å². The van der Waals surface area contributed by atoms with Gasteiger partial charge in [-0.15, -0.1) is 5.10 Å². The molecule has 1 aliphatic heterocycles. The molecule has 34 heavy (non-hydrogen) atoms. The first kappa shape index (κ1) is 26.3. The topological polar surface area (TPSA) is 118 Å². The zero-order valence-corrected chi connectivity index (χ0v) is 21.1. The van der Waals surface area contributed by atoms with Gasteiger partial charge in [-0.3, -0.25) is 4.79 Å². The summed E-state index contributed by atoms with van der Waals surface area (Å²) in [6, 6.07) is 6.52. The van der Waals surface area contributed by atoms with E-state index in [4.69, 9.17) is 4.74 Å². The van der Waals surface area contributed by atoms with Crippen molar-refractivity contribution in [3.05, 3.63) is 41.7 Å². The highest BCUT2D eigenvalue weighted by Crippen LogP contribution is 2.22. The highest BCUT2D eigenvalue weighted by atomic mass is 32.2. The van der Waals surface area contributed by atoms with Crippen molar-refractivity contribution in [2.45, 2.75) is 63.8 Å². The molecule has 2 heterocycles. The minimum atomic E-state index is -3.73. The van der Waals surface area contributed by atoms with Crippen molar-refractivity contribution < 1.29 is 23.1 Å². The van der Waals surface area contributed by atoms with Crippen LogP contribution in [-0.2, 0) is 32.7 Å². The van der Waals surface area contributed by atoms with Crippen molar-refractivity contribution >= 4 is 15.9 Å². The van der Waals surface area contributed by atoms with Gasteiger partial charge < -0.3 is 14.7 Å². The molecule has 0 aliphatic carbocycles. The number of likely N-dealkylation sites (N-methyl/N-ethyl adjacent to an activating group) is 1. The maximum atomic E-state index is 13.3. The largest absolute Gasteiger partial charge is 0.394 e. The highest BCUT2D eigenvalue weighted by Gasteiger charge is 2.31. The second-order valence-electron chi connectivity index (χ2n) is 9.01. The van der Waals surface area contributed by atoms with Crippen LogP contribution in [0.25, 0.3) is 0 Å². The number of nitrogens with zero attached hydrogens (tertiary/aromatic N) is 5. The third-order valence-corrected chi connectivity index (χ3v) is 8.34. The second kappa shape index (κ2) is 11.4. The predicted octanol–water partition coefficient (Wildman–Crippen LogP) is 1.43. The van der Waals surface area contributed by atoms with Crippen molar-refractivity contribution in [3.8, 4) is 0 Å². The molecule has 0 bridgehead atoms. The number of aliphatic hydroxyl groups excluding tert-OH is 1. The summed E-state index contributed by atoms with van der Waals surface area (Å²) in [7, 11) is -2.19. The molecule has 2 aromatic rings. The molecule has 1 aromatic carbocycles. The van der Waals surface area contributed by atoms with Crippen LogP contribution in [0.2, 0.25) is 0 Å². The van der Waals surface area contributed by atoms with Gasteiger partial charge in [-0.25, -0.2) is 13.1 Å². The van der Waals surface area contributed by atoms with E-state index in [0.717, 1.165) is 5.69 Å². The van der Waals surface area contributed by atoms with Crippen LogP contribution >= 0.6 is 0 Å². The molecule has 1 aromatic heterocycles. The monoisotopic (exact) mass is 493 g/mol. The van der Waals surface area contributed by atoms with Crippen LogP contribution in [0.4, 0.5) is 0 Å². The Labute approximate surface area is 201 Å². The fourth-order valence-corrected chi connectivity index (χ4v) is 5.52. The number of carbonyl (C=O) groups is 1. The normalized spacial score (nSPS) is 21.6. The predicted molar refractivity (Wildman–Crippen MR) is 126 cm³/mol. The molecule has 1 aliphatic rings. The molecule has 1 N–H and O–H groups in total. The van der Waals surface area contributed by atoms with Gasteiger partial charge in [-0.2, -0.15) is 4.31 Å². The van der Waals surface area contributed by atoms with Crippen LogP contribution in [-0.4, -0.2) is 82.5 Å². The lowest BCUT2D eigenvalue weighted by Gasteiger charge is -2.35. The van der Waals surface area contributed by atoms with E-state index < -0.39 is 16.1 Å². The summed E-state index contributed by atoms with van der Waals surface area (Å²) in [6.45, 7) is 6.55. The fraction of sp³-hybridized carbons (Fsp3) is 0.609. The Hall–Kier alpha value is -2.34. The first-order valence-corrected chi connectivity index (χ1v) is 13.0. The summed E-state index contributed by atoms with van der Waals surface area (Å²) in [5.74, 6) is -0.258. The molecule has 1 amide bonds. The van der Waals surface area contributed by atoms with Gasteiger partial charge in [0.25, 0.3) is 0 Å². The number of ether oxygens (including phenoxy) is 1. The van der Waals surface area contributed by atoms with E-state index in [1.54, 1.807) is 60.9 Å². The number of hydrogen-bond donors (Lipinski definition) is 1. The van der Waals surface area contributed by atoms with E-state index in [9.17, 15) is 18.3 Å². The van der Waals surface area contributed by atoms with Gasteiger partial charge in [0, 0.05) is 39.0 Å². The molecule has 10 nitrogen and oxygen atoms in total. The Morgan fingerprint density at radius 2 is 2.06 bits per heavy atom. The smallest absolute Gasteiger partial charge is 0.243 e. The number of rotatable bonds is 6. The number of sulfonamides is 1. The number of hydrogen-bond acceptors (Lipinski definition) is 7. The number of amides is 1. The lowest BCUT2D eigenvalue weighted by atomic mass is 10.0. The minimum Gasteiger partial charge on any atom is -0.394 e. The van der Waals surface area contributed by atoms with Gasteiger partial charge in [-0.1, -0.05) is 30.3 Å². The standard InChI is InChI=1S/C23H35N5O5S/c1-17-8-5-6-9-22(17)34(31,32)26(4)14-21-18(2)13-27(19(3)15-29)23(30)10-7-11-28-20(16-33-21)12-24-25-28/h5-6,8-9,12,18-19,21,29H,7,10-11,13-16H2,1-4H3/t18-,19+,21+/m0/s1. The molecule has 0 unspecified atom stereocenters. The summed E-state index contributed by atoms with van der Waals surface area (Å²) in [4.78, 5) is 14.9. The molecule has 0 fully saturated rings. The molecule has 0 radical (unpaired) electrons. The number of aliphatic hydroxyl groups is 1. The molecule has 3 rings (SSSR count). The highest BCUT2D eigenvalue weighted by molar-refractivity contribution is 7.89. The summed E-state index contributed by atoms with van der Waals surface area (Å²) in [5.41, 5.74) is 1.45. The Morgan fingerprint density at radius 1 is 1.32 bits per heavy atom. The number of benzene rings is 1. The van der Waals surface area contributed by atoms with Crippen LogP contribution in [0.5, 0.6) is 0 Å². The number of carbonyl (C=O) groups excluding carboxylic acids is 1. The number of aromatic nitrogens is 3. The van der Waals surface area contributed by atoms with Gasteiger partial charge in [0.05, 0.1) is 42.1 Å². The van der Waals surface area contributed by atoms with Crippen molar-refractivity contribution in [1.29, 1.82) is 0 Å². The van der Waals surface area contributed by atoms with Gasteiger partial charge in [0.1, 0.15) is 0 Å². The SMILES string of the molecule is Cc1ccccc1S(=O)(=O)N(C)C[C@H]1OCc2cnnn2CCCC(=O)N([C@H](C)CO)C[C@@H]1C. The lowest BCUT2D eigenvalue weighted by Crippen LogP contribution is -2.47. The average Bonchev–Trinajstić information content (AvgIpc) is 3.25. The van der Waals surface area contributed by atoms with Crippen molar-refractivity contribution in [1.82, 2.24) is 24.2 Å². The Kier molecular flexibility index (Phi) is 8.80. The molecule has 0 spiro atoms. The third kappa shape index (κ3) is 6.01. The quantitative estimate of drug-likeness (QED) is 0.647. The molecule has 11 heteroatoms. The molecular formula is C23H35N5O5S. The average molecular weight is 494 g/mol. The summed E-state index contributed by atoms with van der Waals surface area (Å²) >= 11 is 0. The van der Waals surface area contributed by atoms with Crippen LogP contribution in [0.3, 0.4) is 0 Å². The van der Waals surface area contributed by atoms with Crippen LogP contribution in [0, 0.1) is 12.8 Å². The van der Waals surface area contributed by atoms with Crippen molar-refractivity contribution in [3.63, 3.8) is 0 Å². The molecular weight excluding hydrogens is 458 g/mol. The van der Waals surface area contributed by atoms with E-state index in [1.165, 1.54) is 4.31 Å². The zero-order valence-electron chi connectivity index (χ0n) is 20.3. The first-order chi connectivity index (χ1) is 16.1. The zero-order chi connectivity index (χ0) is 24.9. The third-order valence-electron chi connectivity index (χ3n) is 6.36. The van der Waals surface area contributed by atoms with Crippen LogP contribution in [0.15, 0.2) is 35.4 Å². The van der Waals surface area contributed by atoms with E-state index in [0.29, 0.717) is 31.5 Å². The first-order valence-electron chi connectivity index (χ1n) is 11.6. The minimum absolute atomic E-state index is 0.0599. The van der Waals surface area contributed by atoms with Gasteiger partial charge in [0.2, 0.25) is 15.9 Å². The molecule has 188 valence electrons. The summed E-state index contributed by atoms with van der Waals surface area (Å²) in [5, 5.41) is 17.8. The summed E-state index contributed by atoms with van der Waals surface area (Å²) in [6.07, 6.45) is 2.04. The van der Waals surface area contributed by atoms with E-state index in [2.05, 4.69) is 10.3 Å². The fourth-order valence-electron chi connectivity index (χ4n) is 4.11. The van der Waals surface area contributed by atoms with E-state index in [-0.39, 0.29) is 42.5 Å². The van der Waals surface area contributed by atoms with Crippen molar-refractivity contribution in [2.24, 2.45) is 5.92 Å². The molecule has 0 saturated heterocycles.